The molecule has 0 saturated carbocycles. The molecule has 0 aromatic heterocycles. The molecule has 10 heavy (non-hydrogen) atoms. The molecule has 0 rings (SSSR count). The minimum absolute atomic E-state index is 0.130. The summed E-state index contributed by atoms with van der Waals surface area (Å²) in [5, 5.41) is 0.130. The first-order valence-corrected chi connectivity index (χ1v) is 2.93. The van der Waals surface area contributed by atoms with E-state index in [9.17, 15) is 4.39 Å². The fourth-order valence-corrected chi connectivity index (χ4v) is 0.526. The average Bonchev–Trinajstić information content (AvgIpc) is 1.88. The van der Waals surface area contributed by atoms with Gasteiger partial charge in [-0.3, -0.25) is 0 Å². The molecule has 0 bridgehead atoms. The molecule has 0 aliphatic rings. The van der Waals surface area contributed by atoms with Gasteiger partial charge < -0.3 is 5.73 Å². The number of hydrogen-bond donors (Lipinski definition) is 1. The zero-order valence-electron chi connectivity index (χ0n) is 5.35. The van der Waals surface area contributed by atoms with E-state index in [1.165, 1.54) is 6.08 Å². The molecule has 0 unspecified atom stereocenters. The third kappa shape index (κ3) is 4.09. The maximum atomic E-state index is 11.7. The Morgan fingerprint density at radius 2 is 2.40 bits per heavy atom. The van der Waals surface area contributed by atoms with Gasteiger partial charge in [-0.25, -0.2) is 9.38 Å². The molecule has 2 N–H and O–H groups in total. The van der Waals surface area contributed by atoms with Gasteiger partial charge >= 0.3 is 0 Å². The fourth-order valence-electron chi connectivity index (χ4n) is 0.315. The van der Waals surface area contributed by atoms with Crippen molar-refractivity contribution in [3.63, 3.8) is 0 Å². The molecular weight excluding hydrogens is 155 g/mol. The van der Waals surface area contributed by atoms with Crippen molar-refractivity contribution in [1.29, 1.82) is 0 Å². The Kier molecular flexibility index (Phi) is 4.58. The van der Waals surface area contributed by atoms with Crippen LogP contribution < -0.4 is 5.73 Å². The zero-order chi connectivity index (χ0) is 7.98. The Balaban J connectivity index is 4.02. The molecule has 0 fully saturated rings. The highest BCUT2D eigenvalue weighted by molar-refractivity contribution is 6.29. The molecular formula is C6H8ClFN2. The van der Waals surface area contributed by atoms with Gasteiger partial charge in [0.25, 0.3) is 0 Å². The molecule has 0 spiro atoms. The van der Waals surface area contributed by atoms with Crippen molar-refractivity contribution in [2.45, 2.75) is 0 Å². The number of allylic oxidation sites excluding steroid dienone is 2. The molecule has 0 aliphatic carbocycles. The van der Waals surface area contributed by atoms with Gasteiger partial charge in [-0.05, 0) is 11.6 Å². The van der Waals surface area contributed by atoms with E-state index in [0.717, 1.165) is 6.34 Å². The third-order valence-electron chi connectivity index (χ3n) is 0.693. The molecule has 0 radical (unpaired) electrons. The van der Waals surface area contributed by atoms with Crippen LogP contribution in [0.4, 0.5) is 4.39 Å². The van der Waals surface area contributed by atoms with Gasteiger partial charge in [0.15, 0.2) is 0 Å². The number of alkyl halides is 1. The Bertz CT molecular complexity index is 175. The van der Waals surface area contributed by atoms with Crippen LogP contribution in [0.25, 0.3) is 0 Å². The standard InChI is InChI=1S/C6H8ClFN2/c1-5(3-8)2-6(7)10-4-9/h2,4H,1,3H2,(H2,9,10)/b6-2-. The molecule has 0 saturated heterocycles. The van der Waals surface area contributed by atoms with Gasteiger partial charge in [0.05, 0.1) is 6.34 Å². The van der Waals surface area contributed by atoms with Crippen molar-refractivity contribution in [3.8, 4) is 0 Å². The fraction of sp³-hybridized carbons (Fsp3) is 0.167. The molecule has 0 amide bonds. The Morgan fingerprint density at radius 3 is 2.80 bits per heavy atom. The number of hydrogen-bond acceptors (Lipinski definition) is 1. The lowest BCUT2D eigenvalue weighted by atomic mass is 10.3. The summed E-state index contributed by atoms with van der Waals surface area (Å²) >= 11 is 5.41. The summed E-state index contributed by atoms with van der Waals surface area (Å²) in [5.74, 6) is 0. The summed E-state index contributed by atoms with van der Waals surface area (Å²) in [6, 6.07) is 0. The Labute approximate surface area is 63.9 Å². The van der Waals surface area contributed by atoms with Crippen molar-refractivity contribution in [2.75, 3.05) is 6.67 Å². The minimum atomic E-state index is -0.629. The maximum absolute atomic E-state index is 11.7. The van der Waals surface area contributed by atoms with Crippen LogP contribution in [0.2, 0.25) is 0 Å². The van der Waals surface area contributed by atoms with E-state index in [2.05, 4.69) is 11.6 Å². The van der Waals surface area contributed by atoms with E-state index in [1.807, 2.05) is 0 Å². The first-order chi connectivity index (χ1) is 4.70. The number of nitrogens with two attached hydrogens (primary N) is 1. The Morgan fingerprint density at radius 1 is 1.80 bits per heavy atom. The predicted octanol–water partition coefficient (Wildman–Crippen LogP) is 1.58. The molecule has 0 aromatic rings. The summed E-state index contributed by atoms with van der Waals surface area (Å²) in [6.45, 7) is 2.72. The largest absolute Gasteiger partial charge is 0.390 e. The van der Waals surface area contributed by atoms with Gasteiger partial charge in [0.2, 0.25) is 0 Å². The van der Waals surface area contributed by atoms with E-state index in [-0.39, 0.29) is 10.7 Å². The van der Waals surface area contributed by atoms with Crippen LogP contribution in [-0.2, 0) is 0 Å². The second-order valence-electron chi connectivity index (χ2n) is 1.54. The van der Waals surface area contributed by atoms with Crippen molar-refractivity contribution >= 4 is 17.9 Å². The zero-order valence-corrected chi connectivity index (χ0v) is 6.11. The molecule has 0 heterocycles. The lowest BCUT2D eigenvalue weighted by molar-refractivity contribution is 0.550. The number of rotatable bonds is 3. The summed E-state index contributed by atoms with van der Waals surface area (Å²) in [6.07, 6.45) is 2.34. The summed E-state index contributed by atoms with van der Waals surface area (Å²) in [5.41, 5.74) is 5.18. The van der Waals surface area contributed by atoms with Crippen molar-refractivity contribution in [3.05, 3.63) is 23.4 Å². The second-order valence-corrected chi connectivity index (χ2v) is 1.92. The van der Waals surface area contributed by atoms with Gasteiger partial charge in [0.1, 0.15) is 11.8 Å². The average molecular weight is 163 g/mol. The van der Waals surface area contributed by atoms with Gasteiger partial charge in [-0.15, -0.1) is 0 Å². The van der Waals surface area contributed by atoms with Crippen molar-refractivity contribution < 1.29 is 4.39 Å². The molecule has 4 heteroatoms. The van der Waals surface area contributed by atoms with E-state index < -0.39 is 6.67 Å². The topological polar surface area (TPSA) is 38.4 Å². The first-order valence-electron chi connectivity index (χ1n) is 2.56. The maximum Gasteiger partial charge on any atom is 0.131 e. The third-order valence-corrected chi connectivity index (χ3v) is 0.899. The van der Waals surface area contributed by atoms with E-state index in [4.69, 9.17) is 17.3 Å². The summed E-state index contributed by atoms with van der Waals surface area (Å²) < 4.78 is 11.7. The molecule has 0 aliphatic heterocycles. The van der Waals surface area contributed by atoms with E-state index in [1.54, 1.807) is 0 Å². The highest BCUT2D eigenvalue weighted by atomic mass is 35.5. The predicted molar refractivity (Wildman–Crippen MR) is 41.7 cm³/mol. The van der Waals surface area contributed by atoms with Crippen LogP contribution in [0.15, 0.2) is 28.4 Å². The molecule has 0 aromatic carbocycles. The normalized spacial score (nSPS) is 12.4. The smallest absolute Gasteiger partial charge is 0.131 e. The van der Waals surface area contributed by atoms with E-state index in [0.29, 0.717) is 0 Å². The van der Waals surface area contributed by atoms with Gasteiger partial charge in [-0.2, -0.15) is 0 Å². The van der Waals surface area contributed by atoms with Crippen LogP contribution >= 0.6 is 11.6 Å². The number of aliphatic imine (C=N–C) groups is 1. The monoisotopic (exact) mass is 162 g/mol. The highest BCUT2D eigenvalue weighted by Gasteiger charge is 1.89. The first kappa shape index (κ1) is 9.17. The molecule has 2 nitrogen and oxygen atoms in total. The molecule has 0 atom stereocenters. The quantitative estimate of drug-likeness (QED) is 0.291. The van der Waals surface area contributed by atoms with Crippen LogP contribution in [0, 0.1) is 0 Å². The summed E-state index contributed by atoms with van der Waals surface area (Å²) in [7, 11) is 0. The second kappa shape index (κ2) is 4.99. The highest BCUT2D eigenvalue weighted by Crippen LogP contribution is 2.06. The Hall–Kier alpha value is -0.830. The van der Waals surface area contributed by atoms with Crippen LogP contribution in [-0.4, -0.2) is 13.0 Å². The van der Waals surface area contributed by atoms with Crippen LogP contribution in [0.3, 0.4) is 0 Å². The minimum Gasteiger partial charge on any atom is -0.390 e. The number of halogens is 2. The van der Waals surface area contributed by atoms with Gasteiger partial charge in [0, 0.05) is 0 Å². The lowest BCUT2D eigenvalue weighted by Gasteiger charge is -1.89. The lowest BCUT2D eigenvalue weighted by Crippen LogP contribution is -1.87. The van der Waals surface area contributed by atoms with Crippen molar-refractivity contribution in [1.82, 2.24) is 0 Å². The summed E-state index contributed by atoms with van der Waals surface area (Å²) in [4.78, 5) is 3.46. The van der Waals surface area contributed by atoms with Crippen molar-refractivity contribution in [2.24, 2.45) is 10.7 Å². The van der Waals surface area contributed by atoms with Gasteiger partial charge in [-0.1, -0.05) is 18.2 Å². The van der Waals surface area contributed by atoms with E-state index >= 15 is 0 Å². The van der Waals surface area contributed by atoms with Crippen LogP contribution in [0.1, 0.15) is 0 Å². The SMILES string of the molecule is C=C(/C=C(Cl)\N=C/N)CF. The molecule has 56 valence electrons. The van der Waals surface area contributed by atoms with Crippen LogP contribution in [0.5, 0.6) is 0 Å². The number of nitrogens with zero attached hydrogens (tertiary/aromatic N) is 1.